The number of hydrogen-bond donors (Lipinski definition) is 2. The normalized spacial score (nSPS) is 11.7. The zero-order chi connectivity index (χ0) is 45.9. The molecule has 0 aliphatic rings. The first-order chi connectivity index (χ1) is 33.4. The molecule has 10 aromatic carbocycles. The van der Waals surface area contributed by atoms with Gasteiger partial charge < -0.3 is 28.8 Å². The zero-order valence-corrected chi connectivity index (χ0v) is 37.9. The van der Waals surface area contributed by atoms with E-state index in [0.717, 1.165) is 123 Å². The lowest BCUT2D eigenvalue weighted by Gasteiger charge is -2.20. The summed E-state index contributed by atoms with van der Waals surface area (Å²) in [4.78, 5) is 0. The minimum absolute atomic E-state index is 0.199. The average Bonchev–Trinajstić information content (AvgIpc) is 3.89. The number of phenols is 2. The van der Waals surface area contributed by atoms with E-state index >= 15 is 0 Å². The number of fused-ring (bicyclic) bond motifs is 8. The van der Waals surface area contributed by atoms with Gasteiger partial charge in [0.2, 0.25) is 0 Å². The molecule has 6 nitrogen and oxygen atoms in total. The van der Waals surface area contributed by atoms with Crippen LogP contribution >= 0.6 is 0 Å². The van der Waals surface area contributed by atoms with E-state index in [0.29, 0.717) is 24.7 Å². The van der Waals surface area contributed by atoms with Crippen LogP contribution in [0.1, 0.15) is 24.0 Å². The quantitative estimate of drug-likeness (QED) is 0.127. The van der Waals surface area contributed by atoms with Gasteiger partial charge in [0.15, 0.2) is 0 Å². The van der Waals surface area contributed by atoms with Crippen molar-refractivity contribution >= 4 is 65.2 Å². The second-order valence-corrected chi connectivity index (χ2v) is 17.8. The first kappa shape index (κ1) is 41.0. The molecule has 2 aromatic heterocycles. The highest BCUT2D eigenvalue weighted by molar-refractivity contribution is 6.11. The number of hydrogen-bond acceptors (Lipinski definition) is 4. The van der Waals surface area contributed by atoms with E-state index in [1.54, 1.807) is 0 Å². The number of ether oxygens (including phenoxy) is 2. The molecule has 0 unspecified atom stereocenters. The monoisotopic (exact) mass is 884 g/mol. The Morgan fingerprint density at radius 1 is 0.368 bits per heavy atom. The van der Waals surface area contributed by atoms with Crippen LogP contribution in [0.2, 0.25) is 0 Å². The van der Waals surface area contributed by atoms with Gasteiger partial charge >= 0.3 is 0 Å². The van der Waals surface area contributed by atoms with Crippen LogP contribution in [0.3, 0.4) is 0 Å². The molecule has 0 saturated heterocycles. The smallest absolute Gasteiger partial charge is 0.147 e. The van der Waals surface area contributed by atoms with Crippen molar-refractivity contribution in [3.63, 3.8) is 0 Å². The van der Waals surface area contributed by atoms with E-state index in [1.807, 2.05) is 60.7 Å². The van der Waals surface area contributed by atoms with Crippen LogP contribution in [0.4, 0.5) is 0 Å². The maximum absolute atomic E-state index is 12.4. The van der Waals surface area contributed by atoms with Crippen molar-refractivity contribution in [1.29, 1.82) is 0 Å². The van der Waals surface area contributed by atoms with E-state index in [9.17, 15) is 10.2 Å². The third kappa shape index (κ3) is 6.79. The molecule has 330 valence electrons. The summed E-state index contributed by atoms with van der Waals surface area (Å²) in [5.41, 5.74) is 10.8. The Kier molecular flexibility index (Phi) is 10.1. The minimum atomic E-state index is 0.199. The van der Waals surface area contributed by atoms with Gasteiger partial charge in [0.25, 0.3) is 0 Å². The number of aromatic hydroxyl groups is 2. The summed E-state index contributed by atoms with van der Waals surface area (Å²) in [6, 6.07) is 66.5. The number of para-hydroxylation sites is 4. The summed E-state index contributed by atoms with van der Waals surface area (Å²) in [5.74, 6) is 1.82. The molecule has 0 atom stereocenters. The van der Waals surface area contributed by atoms with E-state index in [-0.39, 0.29) is 11.5 Å². The lowest BCUT2D eigenvalue weighted by molar-refractivity contribution is 0.268. The predicted molar refractivity (Wildman–Crippen MR) is 280 cm³/mol. The molecule has 0 aliphatic carbocycles. The SMILES string of the molecule is Cc1cc(-c2c(OCCCCOc3ccc4ccccc4c3-c3cc(C)cc(-n4c5ccccc5c5ccccc54)c3O)ccc3ccccc23)c(O)c(-n2c3ccccc3c3ccccc32)c1. The van der Waals surface area contributed by atoms with Crippen LogP contribution in [0.15, 0.2) is 194 Å². The number of benzene rings is 10. The molecule has 0 amide bonds. The van der Waals surface area contributed by atoms with Crippen LogP contribution in [-0.2, 0) is 0 Å². The molecule has 0 fully saturated rings. The first-order valence-corrected chi connectivity index (χ1v) is 23.4. The minimum Gasteiger partial charge on any atom is -0.505 e. The van der Waals surface area contributed by atoms with Gasteiger partial charge in [-0.3, -0.25) is 0 Å². The fraction of sp³-hybridized carbons (Fsp3) is 0.0968. The van der Waals surface area contributed by atoms with Gasteiger partial charge in [-0.1, -0.05) is 133 Å². The molecular weight excluding hydrogens is 837 g/mol. The molecule has 0 aliphatic heterocycles. The van der Waals surface area contributed by atoms with Crippen LogP contribution < -0.4 is 9.47 Å². The van der Waals surface area contributed by atoms with Crippen molar-refractivity contribution in [1.82, 2.24) is 9.13 Å². The fourth-order valence-corrected chi connectivity index (χ4v) is 10.5. The van der Waals surface area contributed by atoms with E-state index < -0.39 is 0 Å². The number of unbranched alkanes of at least 4 members (excludes halogenated alkanes) is 1. The largest absolute Gasteiger partial charge is 0.505 e. The summed E-state index contributed by atoms with van der Waals surface area (Å²) in [6.45, 7) is 5.06. The Labute approximate surface area is 394 Å². The zero-order valence-electron chi connectivity index (χ0n) is 37.9. The van der Waals surface area contributed by atoms with Crippen molar-refractivity contribution < 1.29 is 19.7 Å². The lowest BCUT2D eigenvalue weighted by atomic mass is 9.94. The highest BCUT2D eigenvalue weighted by atomic mass is 16.5. The summed E-state index contributed by atoms with van der Waals surface area (Å²) in [6.07, 6.45) is 1.46. The summed E-state index contributed by atoms with van der Waals surface area (Å²) >= 11 is 0. The van der Waals surface area contributed by atoms with Crippen molar-refractivity contribution in [3.8, 4) is 56.6 Å². The van der Waals surface area contributed by atoms with Gasteiger partial charge in [-0.25, -0.2) is 0 Å². The first-order valence-electron chi connectivity index (χ1n) is 23.4. The molecule has 2 N–H and O–H groups in total. The van der Waals surface area contributed by atoms with Gasteiger partial charge in [0.1, 0.15) is 23.0 Å². The number of aromatic nitrogens is 2. The van der Waals surface area contributed by atoms with Gasteiger partial charge in [-0.2, -0.15) is 0 Å². The maximum atomic E-state index is 12.4. The Morgan fingerprint density at radius 2 is 0.691 bits per heavy atom. The van der Waals surface area contributed by atoms with Crippen molar-refractivity contribution in [2.24, 2.45) is 0 Å². The van der Waals surface area contributed by atoms with Crippen molar-refractivity contribution in [2.45, 2.75) is 26.7 Å². The van der Waals surface area contributed by atoms with Gasteiger partial charge in [-0.05, 0) is 120 Å². The highest BCUT2D eigenvalue weighted by Gasteiger charge is 2.24. The molecule has 0 spiro atoms. The second kappa shape index (κ2) is 16.7. The van der Waals surface area contributed by atoms with Crippen LogP contribution in [0, 0.1) is 13.8 Å². The molecule has 0 bridgehead atoms. The number of rotatable bonds is 11. The molecule has 6 heteroatoms. The Bertz CT molecular complexity index is 3570. The Hall–Kier alpha value is -8.48. The molecule has 0 radical (unpaired) electrons. The Balaban J connectivity index is 0.845. The summed E-state index contributed by atoms with van der Waals surface area (Å²) < 4.78 is 17.7. The van der Waals surface area contributed by atoms with E-state index in [4.69, 9.17) is 9.47 Å². The standard InChI is InChI=1S/C62H48N2O4/c1-39-35-49(61(65)55(37-39)63-51-25-11-7-21-45(51)46-22-8-12-26-52(46)63)59-43-19-5-3-17-41(43)29-31-57(59)67-33-15-16-34-68-58-32-30-42-18-4-6-20-44(42)60(58)50-36-40(2)38-56(62(50)66)64-53-27-13-9-23-47(53)48-24-10-14-28-54(48)64/h3-14,17-32,35-38,65-66H,15-16,33-34H2,1-2H3. The molecular formula is C62H48N2O4. The fourth-order valence-electron chi connectivity index (χ4n) is 10.5. The predicted octanol–water partition coefficient (Wildman–Crippen LogP) is 15.8. The number of phenolic OH excluding ortho intramolecular Hbond substituents is 2. The highest BCUT2D eigenvalue weighted by Crippen LogP contribution is 2.48. The van der Waals surface area contributed by atoms with Gasteiger partial charge in [-0.15, -0.1) is 0 Å². The van der Waals surface area contributed by atoms with Crippen molar-refractivity contribution in [2.75, 3.05) is 13.2 Å². The molecule has 12 aromatic rings. The Morgan fingerprint density at radius 3 is 1.06 bits per heavy atom. The van der Waals surface area contributed by atoms with Crippen LogP contribution in [0.25, 0.3) is 98.8 Å². The average molecular weight is 885 g/mol. The molecule has 2 heterocycles. The van der Waals surface area contributed by atoms with Crippen LogP contribution in [0.5, 0.6) is 23.0 Å². The lowest BCUT2D eigenvalue weighted by Crippen LogP contribution is -2.05. The molecule has 12 rings (SSSR count). The number of aryl methyl sites for hydroxylation is 2. The van der Waals surface area contributed by atoms with E-state index in [1.165, 1.54) is 0 Å². The molecule has 68 heavy (non-hydrogen) atoms. The third-order valence-electron chi connectivity index (χ3n) is 13.5. The third-order valence-corrected chi connectivity index (χ3v) is 13.5. The summed E-state index contributed by atoms with van der Waals surface area (Å²) in [7, 11) is 0. The number of nitrogens with zero attached hydrogens (tertiary/aromatic N) is 2. The van der Waals surface area contributed by atoms with E-state index in [2.05, 4.69) is 156 Å². The van der Waals surface area contributed by atoms with Gasteiger partial charge in [0, 0.05) is 43.8 Å². The topological polar surface area (TPSA) is 68.8 Å². The van der Waals surface area contributed by atoms with Crippen LogP contribution in [-0.4, -0.2) is 32.6 Å². The van der Waals surface area contributed by atoms with Gasteiger partial charge in [0.05, 0.1) is 46.7 Å². The molecule has 0 saturated carbocycles. The summed E-state index contributed by atoms with van der Waals surface area (Å²) in [5, 5.41) is 33.6. The second-order valence-electron chi connectivity index (χ2n) is 17.8. The van der Waals surface area contributed by atoms with Crippen molar-refractivity contribution in [3.05, 3.63) is 205 Å². The maximum Gasteiger partial charge on any atom is 0.147 e.